The van der Waals surface area contributed by atoms with Gasteiger partial charge in [-0.05, 0) is 52.8 Å². The van der Waals surface area contributed by atoms with Crippen LogP contribution in [0.2, 0.25) is 18.1 Å². The predicted octanol–water partition coefficient (Wildman–Crippen LogP) is 5.32. The van der Waals surface area contributed by atoms with Gasteiger partial charge in [0.25, 0.3) is 0 Å². The Morgan fingerprint density at radius 3 is 2.07 bits per heavy atom. The largest absolute Gasteiger partial charge is 0.486 e. The van der Waals surface area contributed by atoms with E-state index in [-0.39, 0.29) is 34.2 Å². The van der Waals surface area contributed by atoms with Crippen LogP contribution in [0.15, 0.2) is 24.2 Å². The molecule has 1 rings (SSSR count). The van der Waals surface area contributed by atoms with Crippen LogP contribution in [0, 0.1) is 5.92 Å². The predicted molar refractivity (Wildman–Crippen MR) is 122 cm³/mol. The highest BCUT2D eigenvalue weighted by Gasteiger charge is 2.50. The van der Waals surface area contributed by atoms with Crippen LogP contribution in [0.3, 0.4) is 0 Å². The third-order valence-electron chi connectivity index (χ3n) is 6.31. The second-order valence-corrected chi connectivity index (χ2v) is 15.1. The molecular weight excluding hydrogens is 383 g/mol. The maximum atomic E-state index is 11.7. The van der Waals surface area contributed by atoms with Gasteiger partial charge in [0.2, 0.25) is 0 Å². The van der Waals surface area contributed by atoms with E-state index in [2.05, 4.69) is 33.9 Å². The van der Waals surface area contributed by atoms with Crippen molar-refractivity contribution in [3.05, 3.63) is 24.2 Å². The molecule has 0 aromatic heterocycles. The summed E-state index contributed by atoms with van der Waals surface area (Å²) in [6.07, 6.45) is 5.16. The molecular formula is C22H41BO5Si. The first-order valence-corrected chi connectivity index (χ1v) is 13.5. The average Bonchev–Trinajstić information content (AvgIpc) is 2.75. The summed E-state index contributed by atoms with van der Waals surface area (Å²) in [5, 5.41) is 0.0774. The lowest BCUT2D eigenvalue weighted by atomic mass is 9.88. The van der Waals surface area contributed by atoms with Crippen molar-refractivity contribution in [2.75, 3.05) is 6.61 Å². The fourth-order valence-corrected chi connectivity index (χ4v) is 3.86. The van der Waals surface area contributed by atoms with Crippen LogP contribution in [-0.4, -0.2) is 45.3 Å². The zero-order valence-electron chi connectivity index (χ0n) is 20.3. The van der Waals surface area contributed by atoms with Gasteiger partial charge >= 0.3 is 13.1 Å². The van der Waals surface area contributed by atoms with Crippen LogP contribution >= 0.6 is 0 Å². The van der Waals surface area contributed by atoms with Gasteiger partial charge in [0.05, 0.1) is 23.9 Å². The first-order chi connectivity index (χ1) is 13.0. The lowest BCUT2D eigenvalue weighted by Gasteiger charge is -2.39. The van der Waals surface area contributed by atoms with Gasteiger partial charge in [0.1, 0.15) is 0 Å². The van der Waals surface area contributed by atoms with Crippen LogP contribution in [-0.2, 0) is 23.3 Å². The van der Waals surface area contributed by atoms with Crippen LogP contribution < -0.4 is 0 Å². The number of hydrogen-bond acceptors (Lipinski definition) is 5. The molecule has 29 heavy (non-hydrogen) atoms. The molecule has 0 aromatic rings. The second-order valence-electron chi connectivity index (χ2n) is 10.3. The maximum absolute atomic E-state index is 11.7. The zero-order valence-corrected chi connectivity index (χ0v) is 21.3. The number of hydrogen-bond donors (Lipinski definition) is 0. The molecule has 1 aliphatic heterocycles. The summed E-state index contributed by atoms with van der Waals surface area (Å²) in [5.74, 6) is 1.59. The van der Waals surface area contributed by atoms with E-state index >= 15 is 0 Å². The summed E-state index contributed by atoms with van der Waals surface area (Å²) in [7, 11) is -2.44. The van der Waals surface area contributed by atoms with E-state index < -0.39 is 15.4 Å². The lowest BCUT2D eigenvalue weighted by Crippen LogP contribution is -2.45. The number of esters is 1. The molecule has 1 aliphatic rings. The Morgan fingerprint density at radius 1 is 1.10 bits per heavy atom. The summed E-state index contributed by atoms with van der Waals surface area (Å²) in [5.41, 5.74) is -0.763. The van der Waals surface area contributed by atoms with Crippen molar-refractivity contribution in [2.24, 2.45) is 5.92 Å². The van der Waals surface area contributed by atoms with E-state index in [1.165, 1.54) is 6.08 Å². The first-order valence-electron chi connectivity index (χ1n) is 10.6. The highest BCUT2D eigenvalue weighted by molar-refractivity contribution is 6.74. The Balaban J connectivity index is 3.03. The molecule has 7 heteroatoms. The molecule has 5 nitrogen and oxygen atoms in total. The van der Waals surface area contributed by atoms with Gasteiger partial charge < -0.3 is 18.5 Å². The molecule has 0 radical (unpaired) electrons. The van der Waals surface area contributed by atoms with Gasteiger partial charge in [-0.25, -0.2) is 4.79 Å². The standard InChI is InChI=1S/C22H41BO5Si/c1-12-25-19(24)14-13-17(2)18(26-29(10,11)20(3,4)5)15-16-23-27-21(6,7)22(8,9)28-23/h13-18H,12H2,1-11H3/b14-13+,16-15+/t17-,18+/m0/s1. The van der Waals surface area contributed by atoms with Gasteiger partial charge in [-0.3, -0.25) is 0 Å². The molecule has 0 aliphatic carbocycles. The minimum Gasteiger partial charge on any atom is -0.463 e. The second kappa shape index (κ2) is 9.50. The highest BCUT2D eigenvalue weighted by atomic mass is 28.4. The van der Waals surface area contributed by atoms with E-state index in [9.17, 15) is 4.79 Å². The minimum atomic E-state index is -2.02. The van der Waals surface area contributed by atoms with Crippen molar-refractivity contribution in [1.82, 2.24) is 0 Å². The Morgan fingerprint density at radius 2 is 1.62 bits per heavy atom. The van der Waals surface area contributed by atoms with Crippen LogP contribution in [0.5, 0.6) is 0 Å². The highest BCUT2D eigenvalue weighted by Crippen LogP contribution is 2.39. The molecule has 0 aromatic carbocycles. The van der Waals surface area contributed by atoms with Crippen molar-refractivity contribution in [2.45, 2.75) is 97.8 Å². The van der Waals surface area contributed by atoms with Gasteiger partial charge in [-0.15, -0.1) is 0 Å². The third kappa shape index (κ3) is 7.09. The van der Waals surface area contributed by atoms with E-state index in [4.69, 9.17) is 18.5 Å². The molecule has 0 unspecified atom stereocenters. The maximum Gasteiger partial charge on any atom is 0.486 e. The van der Waals surface area contributed by atoms with Crippen LogP contribution in [0.4, 0.5) is 0 Å². The summed E-state index contributed by atoms with van der Waals surface area (Å²) in [6, 6.07) is 0. The Labute approximate surface area is 179 Å². The molecule has 1 heterocycles. The first kappa shape index (κ1) is 26.1. The fourth-order valence-electron chi connectivity index (χ4n) is 2.54. The molecule has 0 amide bonds. The van der Waals surface area contributed by atoms with Gasteiger partial charge in [0.15, 0.2) is 8.32 Å². The Bertz CT molecular complexity index is 603. The molecule has 166 valence electrons. The SMILES string of the molecule is CCOC(=O)/C=C/[C@H](C)[C@@H](/C=C/B1OC(C)(C)C(C)(C)O1)O[Si](C)(C)C(C)(C)C. The third-order valence-corrected chi connectivity index (χ3v) is 10.8. The van der Waals surface area contributed by atoms with E-state index in [0.29, 0.717) is 6.61 Å². The summed E-state index contributed by atoms with van der Waals surface area (Å²) in [4.78, 5) is 11.7. The van der Waals surface area contributed by atoms with Crippen molar-refractivity contribution >= 4 is 21.4 Å². The normalized spacial score (nSPS) is 21.7. The van der Waals surface area contributed by atoms with E-state index in [1.54, 1.807) is 6.92 Å². The van der Waals surface area contributed by atoms with Gasteiger partial charge in [-0.2, -0.15) is 0 Å². The average molecular weight is 424 g/mol. The van der Waals surface area contributed by atoms with Crippen LogP contribution in [0.1, 0.15) is 62.3 Å². The summed E-state index contributed by atoms with van der Waals surface area (Å²) < 4.78 is 23.8. The quantitative estimate of drug-likeness (QED) is 0.300. The minimum absolute atomic E-state index is 0.00722. The van der Waals surface area contributed by atoms with Gasteiger partial charge in [0, 0.05) is 12.0 Å². The van der Waals surface area contributed by atoms with Crippen molar-refractivity contribution in [3.8, 4) is 0 Å². The summed E-state index contributed by atoms with van der Waals surface area (Å²) in [6.45, 7) is 23.5. The Hall–Kier alpha value is -0.888. The Kier molecular flexibility index (Phi) is 8.57. The van der Waals surface area contributed by atoms with Crippen molar-refractivity contribution in [3.63, 3.8) is 0 Å². The smallest absolute Gasteiger partial charge is 0.463 e. The zero-order chi connectivity index (χ0) is 22.7. The lowest BCUT2D eigenvalue weighted by molar-refractivity contribution is -0.137. The number of carbonyl (C=O) groups excluding carboxylic acids is 1. The fraction of sp³-hybridized carbons (Fsp3) is 0.773. The molecule has 0 saturated carbocycles. The molecule has 0 spiro atoms. The van der Waals surface area contributed by atoms with Crippen molar-refractivity contribution < 1.29 is 23.3 Å². The topological polar surface area (TPSA) is 54.0 Å². The van der Waals surface area contributed by atoms with E-state index in [1.807, 2.05) is 52.7 Å². The molecule has 0 N–H and O–H groups in total. The monoisotopic (exact) mass is 424 g/mol. The molecule has 1 saturated heterocycles. The number of rotatable bonds is 8. The molecule has 0 bridgehead atoms. The summed E-state index contributed by atoms with van der Waals surface area (Å²) >= 11 is 0. The number of ether oxygens (including phenoxy) is 1. The number of carbonyl (C=O) groups is 1. The van der Waals surface area contributed by atoms with Crippen LogP contribution in [0.25, 0.3) is 0 Å². The van der Waals surface area contributed by atoms with Gasteiger partial charge in [-0.1, -0.05) is 45.8 Å². The molecule has 1 fully saturated rings. The van der Waals surface area contributed by atoms with E-state index in [0.717, 1.165) is 0 Å². The molecule has 2 atom stereocenters. The van der Waals surface area contributed by atoms with Crippen molar-refractivity contribution in [1.29, 1.82) is 0 Å².